The smallest absolute Gasteiger partial charge is 0.162 e. The molecule has 1 aromatic rings. The molecule has 3 rings (SSSR count). The van der Waals surface area contributed by atoms with Gasteiger partial charge >= 0.3 is 0 Å². The summed E-state index contributed by atoms with van der Waals surface area (Å²) in [4.78, 5) is 0. The Morgan fingerprint density at radius 2 is 1.89 bits per heavy atom. The molecule has 104 valence electrons. The molecule has 2 aliphatic heterocycles. The van der Waals surface area contributed by atoms with Gasteiger partial charge in [0.15, 0.2) is 11.5 Å². The van der Waals surface area contributed by atoms with Crippen molar-refractivity contribution in [3.8, 4) is 11.5 Å². The van der Waals surface area contributed by atoms with E-state index in [9.17, 15) is 5.11 Å². The average Bonchev–Trinajstić information content (AvgIpc) is 2.84. The van der Waals surface area contributed by atoms with E-state index in [0.29, 0.717) is 25.6 Å². The third-order valence-corrected chi connectivity index (χ3v) is 4.28. The van der Waals surface area contributed by atoms with Crippen LogP contribution in [0.1, 0.15) is 24.5 Å². The van der Waals surface area contributed by atoms with Crippen LogP contribution in [0, 0.1) is 5.92 Å². The Morgan fingerprint density at radius 3 is 2.58 bits per heavy atom. The Balaban J connectivity index is 1.90. The number of ether oxygens (including phenoxy) is 3. The van der Waals surface area contributed by atoms with Crippen molar-refractivity contribution in [3.63, 3.8) is 0 Å². The third kappa shape index (κ3) is 2.73. The van der Waals surface area contributed by atoms with E-state index in [1.807, 2.05) is 12.1 Å². The quantitative estimate of drug-likeness (QED) is 0.906. The summed E-state index contributed by atoms with van der Waals surface area (Å²) in [6.45, 7) is 2.65. The number of benzene rings is 1. The number of aliphatic hydroxyl groups is 1. The van der Waals surface area contributed by atoms with E-state index < -0.39 is 6.10 Å². The highest BCUT2D eigenvalue weighted by atomic mass is 79.9. The van der Waals surface area contributed by atoms with Gasteiger partial charge < -0.3 is 19.3 Å². The minimum Gasteiger partial charge on any atom is -0.490 e. The van der Waals surface area contributed by atoms with Crippen LogP contribution in [0.2, 0.25) is 0 Å². The number of aliphatic hydroxyl groups excluding tert-OH is 1. The minimum atomic E-state index is -0.533. The zero-order chi connectivity index (χ0) is 13.2. The maximum Gasteiger partial charge on any atom is 0.162 e. The first kappa shape index (κ1) is 13.2. The van der Waals surface area contributed by atoms with E-state index in [0.717, 1.165) is 35.2 Å². The lowest BCUT2D eigenvalue weighted by Gasteiger charge is -2.20. The van der Waals surface area contributed by atoms with E-state index in [1.165, 1.54) is 0 Å². The molecule has 5 heteroatoms. The summed E-state index contributed by atoms with van der Waals surface area (Å²) in [6, 6.07) is 3.77. The van der Waals surface area contributed by atoms with Gasteiger partial charge in [-0.15, -0.1) is 0 Å². The highest BCUT2D eigenvalue weighted by Gasteiger charge is 2.28. The van der Waals surface area contributed by atoms with Crippen molar-refractivity contribution in [1.82, 2.24) is 0 Å². The van der Waals surface area contributed by atoms with E-state index in [-0.39, 0.29) is 5.92 Å². The Morgan fingerprint density at radius 1 is 1.16 bits per heavy atom. The number of hydrogen-bond donors (Lipinski definition) is 1. The summed E-state index contributed by atoms with van der Waals surface area (Å²) in [5, 5.41) is 10.5. The lowest BCUT2D eigenvalue weighted by atomic mass is 9.95. The molecule has 19 heavy (non-hydrogen) atoms. The van der Waals surface area contributed by atoms with Gasteiger partial charge in [-0.3, -0.25) is 0 Å². The summed E-state index contributed by atoms with van der Waals surface area (Å²) >= 11 is 3.51. The van der Waals surface area contributed by atoms with Crippen molar-refractivity contribution in [2.24, 2.45) is 5.92 Å². The first-order valence-corrected chi connectivity index (χ1v) is 7.40. The van der Waals surface area contributed by atoms with E-state index in [1.54, 1.807) is 0 Å². The van der Waals surface area contributed by atoms with Gasteiger partial charge in [-0.25, -0.2) is 0 Å². The number of hydrogen-bond acceptors (Lipinski definition) is 4. The molecular formula is C14H17BrO4. The van der Waals surface area contributed by atoms with E-state index in [2.05, 4.69) is 15.9 Å². The monoisotopic (exact) mass is 328 g/mol. The van der Waals surface area contributed by atoms with Gasteiger partial charge in [0.25, 0.3) is 0 Å². The molecule has 1 saturated heterocycles. The van der Waals surface area contributed by atoms with Gasteiger partial charge in [0, 0.05) is 23.4 Å². The molecule has 4 nitrogen and oxygen atoms in total. The molecule has 1 fully saturated rings. The molecule has 0 bridgehead atoms. The van der Waals surface area contributed by atoms with Crippen LogP contribution in [0.5, 0.6) is 11.5 Å². The lowest BCUT2D eigenvalue weighted by molar-refractivity contribution is 0.0910. The van der Waals surface area contributed by atoms with Gasteiger partial charge in [-0.05, 0) is 24.1 Å². The second-order valence-corrected chi connectivity index (χ2v) is 5.79. The molecule has 2 unspecified atom stereocenters. The third-order valence-electron chi connectivity index (χ3n) is 3.60. The van der Waals surface area contributed by atoms with Crippen molar-refractivity contribution in [3.05, 3.63) is 22.2 Å². The SMILES string of the molecule is OC(c1cc2c(cc1Br)OCCCO2)C1CCOC1. The fourth-order valence-electron chi connectivity index (χ4n) is 2.48. The maximum atomic E-state index is 10.5. The minimum absolute atomic E-state index is 0.154. The predicted molar refractivity (Wildman–Crippen MR) is 73.6 cm³/mol. The van der Waals surface area contributed by atoms with Crippen LogP contribution in [0.25, 0.3) is 0 Å². The van der Waals surface area contributed by atoms with Gasteiger partial charge in [0.1, 0.15) is 0 Å². The van der Waals surface area contributed by atoms with Gasteiger partial charge in [-0.1, -0.05) is 15.9 Å². The highest BCUT2D eigenvalue weighted by Crippen LogP contribution is 2.40. The van der Waals surface area contributed by atoms with Gasteiger partial charge in [0.2, 0.25) is 0 Å². The largest absolute Gasteiger partial charge is 0.490 e. The molecule has 0 amide bonds. The summed E-state index contributed by atoms with van der Waals surface area (Å²) in [6.07, 6.45) is 1.23. The number of halogens is 1. The Kier molecular flexibility index (Phi) is 3.96. The Hall–Kier alpha value is -0.780. The molecule has 0 saturated carbocycles. The van der Waals surface area contributed by atoms with Gasteiger partial charge in [0.05, 0.1) is 25.9 Å². The van der Waals surface area contributed by atoms with Gasteiger partial charge in [-0.2, -0.15) is 0 Å². The average molecular weight is 329 g/mol. The first-order chi connectivity index (χ1) is 9.25. The molecule has 1 N–H and O–H groups in total. The van der Waals surface area contributed by atoms with Crippen LogP contribution in [0.15, 0.2) is 16.6 Å². The van der Waals surface area contributed by atoms with Crippen molar-refractivity contribution in [2.75, 3.05) is 26.4 Å². The molecule has 2 atom stereocenters. The van der Waals surface area contributed by atoms with Crippen molar-refractivity contribution in [2.45, 2.75) is 18.9 Å². The van der Waals surface area contributed by atoms with Crippen molar-refractivity contribution < 1.29 is 19.3 Å². The Labute approximate surface area is 120 Å². The fraction of sp³-hybridized carbons (Fsp3) is 0.571. The van der Waals surface area contributed by atoms with Crippen LogP contribution in [-0.2, 0) is 4.74 Å². The van der Waals surface area contributed by atoms with E-state index >= 15 is 0 Å². The fourth-order valence-corrected chi connectivity index (χ4v) is 3.04. The Bertz CT molecular complexity index is 457. The number of fused-ring (bicyclic) bond motifs is 1. The van der Waals surface area contributed by atoms with Crippen LogP contribution in [0.3, 0.4) is 0 Å². The first-order valence-electron chi connectivity index (χ1n) is 6.60. The molecule has 0 radical (unpaired) electrons. The summed E-state index contributed by atoms with van der Waals surface area (Å²) in [7, 11) is 0. The zero-order valence-electron chi connectivity index (χ0n) is 10.6. The summed E-state index contributed by atoms with van der Waals surface area (Å²) < 4.78 is 17.5. The summed E-state index contributed by atoms with van der Waals surface area (Å²) in [5.74, 6) is 1.61. The normalized spacial score (nSPS) is 24.0. The van der Waals surface area contributed by atoms with Crippen molar-refractivity contribution >= 4 is 15.9 Å². The number of rotatable bonds is 2. The molecule has 0 spiro atoms. The zero-order valence-corrected chi connectivity index (χ0v) is 12.2. The lowest BCUT2D eigenvalue weighted by Crippen LogP contribution is -2.13. The van der Waals surface area contributed by atoms with Crippen LogP contribution >= 0.6 is 15.9 Å². The van der Waals surface area contributed by atoms with Crippen LogP contribution < -0.4 is 9.47 Å². The molecule has 2 aliphatic rings. The van der Waals surface area contributed by atoms with Crippen LogP contribution in [-0.4, -0.2) is 31.5 Å². The van der Waals surface area contributed by atoms with Crippen LogP contribution in [0.4, 0.5) is 0 Å². The second kappa shape index (κ2) is 5.69. The highest BCUT2D eigenvalue weighted by molar-refractivity contribution is 9.10. The molecular weight excluding hydrogens is 312 g/mol. The molecule has 2 heterocycles. The molecule has 1 aromatic carbocycles. The topological polar surface area (TPSA) is 47.9 Å². The molecule has 0 aromatic heterocycles. The standard InChI is InChI=1S/C14H17BrO4/c15-11-7-13-12(18-3-1-4-19-13)6-10(11)14(16)9-2-5-17-8-9/h6-7,9,14,16H,1-5,8H2. The van der Waals surface area contributed by atoms with Crippen molar-refractivity contribution in [1.29, 1.82) is 0 Å². The van der Waals surface area contributed by atoms with E-state index in [4.69, 9.17) is 14.2 Å². The predicted octanol–water partition coefficient (Wildman–Crippen LogP) is 2.68. The second-order valence-electron chi connectivity index (χ2n) is 4.94. The maximum absolute atomic E-state index is 10.5. The summed E-state index contributed by atoms with van der Waals surface area (Å²) in [5.41, 5.74) is 0.847. The molecule has 0 aliphatic carbocycles.